The predicted octanol–water partition coefficient (Wildman–Crippen LogP) is 2.52. The Kier molecular flexibility index (Phi) is 4.52. The molecule has 2 rings (SSSR count). The summed E-state index contributed by atoms with van der Waals surface area (Å²) in [4.78, 5) is 12.7. The molecule has 0 fully saturated rings. The molecule has 0 radical (unpaired) electrons. The second kappa shape index (κ2) is 6.17. The highest BCUT2D eigenvalue weighted by Crippen LogP contribution is 2.43. The standard InChI is InChI=1S/C14H20N4O2S/c1-8(2)11(19)13-10(15)12(20-4)14(21-13)16-5-9-6-17-18(3)7-9/h6-8,16H,5,15H2,1-4H3. The average molecular weight is 308 g/mol. The van der Waals surface area contributed by atoms with Crippen molar-refractivity contribution in [1.29, 1.82) is 0 Å². The number of rotatable bonds is 6. The molecule has 114 valence electrons. The number of nitrogens with zero attached hydrogens (tertiary/aromatic N) is 2. The van der Waals surface area contributed by atoms with Crippen LogP contribution >= 0.6 is 11.3 Å². The fraction of sp³-hybridized carbons (Fsp3) is 0.429. The first-order valence-corrected chi connectivity index (χ1v) is 7.47. The van der Waals surface area contributed by atoms with Gasteiger partial charge >= 0.3 is 0 Å². The van der Waals surface area contributed by atoms with Gasteiger partial charge in [-0.3, -0.25) is 9.48 Å². The number of methoxy groups -OCH3 is 1. The van der Waals surface area contributed by atoms with Gasteiger partial charge in [0.25, 0.3) is 0 Å². The van der Waals surface area contributed by atoms with Crippen molar-refractivity contribution in [2.45, 2.75) is 20.4 Å². The van der Waals surface area contributed by atoms with Gasteiger partial charge in [-0.05, 0) is 0 Å². The molecule has 0 bridgehead atoms. The van der Waals surface area contributed by atoms with E-state index >= 15 is 0 Å². The van der Waals surface area contributed by atoms with E-state index in [1.165, 1.54) is 11.3 Å². The lowest BCUT2D eigenvalue weighted by molar-refractivity contribution is 0.0944. The molecular weight excluding hydrogens is 288 g/mol. The van der Waals surface area contributed by atoms with Gasteiger partial charge in [0.05, 0.1) is 23.9 Å². The van der Waals surface area contributed by atoms with E-state index in [-0.39, 0.29) is 11.7 Å². The molecule has 0 saturated heterocycles. The number of nitrogen functional groups attached to an aromatic ring is 1. The van der Waals surface area contributed by atoms with E-state index in [4.69, 9.17) is 10.5 Å². The van der Waals surface area contributed by atoms with Crippen molar-refractivity contribution >= 4 is 27.8 Å². The topological polar surface area (TPSA) is 82.2 Å². The number of thiophene rings is 1. The van der Waals surface area contributed by atoms with Crippen LogP contribution in [-0.2, 0) is 13.6 Å². The zero-order valence-corrected chi connectivity index (χ0v) is 13.5. The molecule has 0 spiro atoms. The van der Waals surface area contributed by atoms with Crippen LogP contribution in [0, 0.1) is 5.92 Å². The number of carbonyl (C=O) groups excluding carboxylic acids is 1. The number of anilines is 2. The lowest BCUT2D eigenvalue weighted by atomic mass is 10.1. The lowest BCUT2D eigenvalue weighted by Gasteiger charge is -2.05. The number of ether oxygens (including phenoxy) is 1. The highest BCUT2D eigenvalue weighted by Gasteiger charge is 2.23. The Hall–Kier alpha value is -2.02. The van der Waals surface area contributed by atoms with E-state index < -0.39 is 0 Å². The lowest BCUT2D eigenvalue weighted by Crippen LogP contribution is -2.07. The molecular formula is C14H20N4O2S. The molecule has 0 aliphatic carbocycles. The van der Waals surface area contributed by atoms with E-state index in [9.17, 15) is 4.79 Å². The number of carbonyl (C=O) groups is 1. The molecule has 6 nitrogen and oxygen atoms in total. The fourth-order valence-corrected chi connectivity index (χ4v) is 3.11. The minimum absolute atomic E-state index is 0.0326. The molecule has 0 unspecified atom stereocenters. The van der Waals surface area contributed by atoms with Crippen LogP contribution < -0.4 is 15.8 Å². The number of nitrogens with two attached hydrogens (primary N) is 1. The van der Waals surface area contributed by atoms with Gasteiger partial charge in [0.15, 0.2) is 11.5 Å². The van der Waals surface area contributed by atoms with Crippen LogP contribution in [0.3, 0.4) is 0 Å². The van der Waals surface area contributed by atoms with Gasteiger partial charge < -0.3 is 15.8 Å². The van der Waals surface area contributed by atoms with Crippen molar-refractivity contribution in [3.8, 4) is 5.75 Å². The Labute approximate surface area is 127 Å². The van der Waals surface area contributed by atoms with Crippen molar-refractivity contribution in [3.05, 3.63) is 22.8 Å². The second-order valence-electron chi connectivity index (χ2n) is 5.10. The van der Waals surface area contributed by atoms with Gasteiger partial charge in [0, 0.05) is 31.3 Å². The third-order valence-electron chi connectivity index (χ3n) is 3.06. The van der Waals surface area contributed by atoms with Crippen LogP contribution in [-0.4, -0.2) is 22.7 Å². The summed E-state index contributed by atoms with van der Waals surface area (Å²) in [6, 6.07) is 0. The predicted molar refractivity (Wildman–Crippen MR) is 85.0 cm³/mol. The van der Waals surface area contributed by atoms with Crippen LogP contribution in [0.5, 0.6) is 5.75 Å². The van der Waals surface area contributed by atoms with Crippen molar-refractivity contribution in [1.82, 2.24) is 9.78 Å². The number of Topliss-reactive ketones (excluding diaryl/α,β-unsaturated/α-hetero) is 1. The molecule has 3 N–H and O–H groups in total. The molecule has 0 aromatic carbocycles. The van der Waals surface area contributed by atoms with Crippen molar-refractivity contribution in [3.63, 3.8) is 0 Å². The molecule has 7 heteroatoms. The fourth-order valence-electron chi connectivity index (χ4n) is 1.94. The molecule has 2 heterocycles. The molecule has 0 aliphatic rings. The Morgan fingerprint density at radius 1 is 1.57 bits per heavy atom. The summed E-state index contributed by atoms with van der Waals surface area (Å²) in [6.07, 6.45) is 3.72. The SMILES string of the molecule is COc1c(NCc2cnn(C)c2)sc(C(=O)C(C)C)c1N. The van der Waals surface area contributed by atoms with Gasteiger partial charge in [-0.15, -0.1) is 11.3 Å². The molecule has 0 saturated carbocycles. The summed E-state index contributed by atoms with van der Waals surface area (Å²) < 4.78 is 7.07. The molecule has 21 heavy (non-hydrogen) atoms. The van der Waals surface area contributed by atoms with Gasteiger partial charge in [0.2, 0.25) is 0 Å². The number of ketones is 1. The van der Waals surface area contributed by atoms with Gasteiger partial charge in [0.1, 0.15) is 5.00 Å². The zero-order valence-electron chi connectivity index (χ0n) is 12.6. The highest BCUT2D eigenvalue weighted by molar-refractivity contribution is 7.19. The Morgan fingerprint density at radius 2 is 2.29 bits per heavy atom. The van der Waals surface area contributed by atoms with E-state index in [0.717, 1.165) is 10.6 Å². The molecule has 0 atom stereocenters. The number of aromatic nitrogens is 2. The van der Waals surface area contributed by atoms with Gasteiger partial charge in [-0.1, -0.05) is 13.8 Å². The largest absolute Gasteiger partial charge is 0.492 e. The Balaban J connectivity index is 2.22. The summed E-state index contributed by atoms with van der Waals surface area (Å²) in [6.45, 7) is 4.31. The first-order valence-electron chi connectivity index (χ1n) is 6.65. The van der Waals surface area contributed by atoms with Crippen LogP contribution in [0.2, 0.25) is 0 Å². The number of hydrogen-bond acceptors (Lipinski definition) is 6. The average Bonchev–Trinajstić information content (AvgIpc) is 2.99. The van der Waals surface area contributed by atoms with E-state index in [1.54, 1.807) is 18.0 Å². The van der Waals surface area contributed by atoms with Crippen LogP contribution in [0.1, 0.15) is 29.1 Å². The minimum Gasteiger partial charge on any atom is -0.492 e. The minimum atomic E-state index is -0.0955. The number of nitrogens with one attached hydrogen (secondary N) is 1. The number of aryl methyl sites for hydroxylation is 1. The third kappa shape index (κ3) is 3.18. The molecule has 2 aromatic heterocycles. The Morgan fingerprint density at radius 3 is 2.81 bits per heavy atom. The summed E-state index contributed by atoms with van der Waals surface area (Å²) in [5.41, 5.74) is 7.49. The van der Waals surface area contributed by atoms with Crippen LogP contribution in [0.4, 0.5) is 10.7 Å². The van der Waals surface area contributed by atoms with E-state index in [2.05, 4.69) is 10.4 Å². The molecule has 0 amide bonds. The monoisotopic (exact) mass is 308 g/mol. The van der Waals surface area contributed by atoms with Crippen LogP contribution in [0.25, 0.3) is 0 Å². The van der Waals surface area contributed by atoms with Gasteiger partial charge in [-0.2, -0.15) is 5.10 Å². The van der Waals surface area contributed by atoms with Crippen LogP contribution in [0.15, 0.2) is 12.4 Å². The first-order chi connectivity index (χ1) is 9.93. The maximum absolute atomic E-state index is 12.2. The van der Waals surface area contributed by atoms with E-state index in [0.29, 0.717) is 22.9 Å². The molecule has 0 aliphatic heterocycles. The van der Waals surface area contributed by atoms with Crippen molar-refractivity contribution in [2.24, 2.45) is 13.0 Å². The van der Waals surface area contributed by atoms with Crippen molar-refractivity contribution in [2.75, 3.05) is 18.2 Å². The third-order valence-corrected chi connectivity index (χ3v) is 4.22. The second-order valence-corrected chi connectivity index (χ2v) is 6.12. The highest BCUT2D eigenvalue weighted by atomic mass is 32.1. The van der Waals surface area contributed by atoms with Crippen molar-refractivity contribution < 1.29 is 9.53 Å². The van der Waals surface area contributed by atoms with Gasteiger partial charge in [-0.25, -0.2) is 0 Å². The normalized spacial score (nSPS) is 10.9. The summed E-state index contributed by atoms with van der Waals surface area (Å²) in [7, 11) is 3.42. The summed E-state index contributed by atoms with van der Waals surface area (Å²) in [5.74, 6) is 0.472. The summed E-state index contributed by atoms with van der Waals surface area (Å²) >= 11 is 1.34. The zero-order chi connectivity index (χ0) is 15.6. The summed E-state index contributed by atoms with van der Waals surface area (Å²) in [5, 5.41) is 8.14. The molecule has 2 aromatic rings. The number of hydrogen-bond donors (Lipinski definition) is 2. The maximum atomic E-state index is 12.2. The smallest absolute Gasteiger partial charge is 0.177 e. The Bertz CT molecular complexity index is 645. The maximum Gasteiger partial charge on any atom is 0.177 e. The quantitative estimate of drug-likeness (QED) is 0.801. The van der Waals surface area contributed by atoms with E-state index in [1.807, 2.05) is 27.1 Å². The first kappa shape index (κ1) is 15.4.